The molecule has 0 spiro atoms. The largest absolute Gasteiger partial charge is 0.493 e. The topological polar surface area (TPSA) is 59.9 Å². The number of amides is 1. The molecular formula is C25H22N2O3S. The van der Waals surface area contributed by atoms with Crippen molar-refractivity contribution in [2.75, 3.05) is 7.11 Å². The molecule has 0 aliphatic carbocycles. The number of thioether (sulfide) groups is 1. The van der Waals surface area contributed by atoms with Crippen LogP contribution in [0.15, 0.2) is 82.7 Å². The highest BCUT2D eigenvalue weighted by Gasteiger charge is 2.24. The molecule has 0 saturated carbocycles. The van der Waals surface area contributed by atoms with Crippen LogP contribution in [0, 0.1) is 6.92 Å². The van der Waals surface area contributed by atoms with Gasteiger partial charge in [-0.3, -0.25) is 4.79 Å². The molecule has 31 heavy (non-hydrogen) atoms. The summed E-state index contributed by atoms with van der Waals surface area (Å²) in [5.41, 5.74) is 3.94. The Morgan fingerprint density at radius 1 is 1.00 bits per heavy atom. The Morgan fingerprint density at radius 2 is 1.77 bits per heavy atom. The van der Waals surface area contributed by atoms with Gasteiger partial charge in [0.25, 0.3) is 5.91 Å². The molecule has 1 amide bonds. The molecule has 6 heteroatoms. The Hall–Kier alpha value is -3.51. The van der Waals surface area contributed by atoms with Crippen molar-refractivity contribution in [3.05, 3.63) is 94.4 Å². The Morgan fingerprint density at radius 3 is 2.52 bits per heavy atom. The second-order valence-electron chi connectivity index (χ2n) is 7.00. The first-order chi connectivity index (χ1) is 15.1. The number of amidine groups is 1. The van der Waals surface area contributed by atoms with E-state index in [1.165, 1.54) is 17.3 Å². The molecule has 1 heterocycles. The third kappa shape index (κ3) is 5.35. The summed E-state index contributed by atoms with van der Waals surface area (Å²) < 4.78 is 11.4. The second-order valence-corrected chi connectivity index (χ2v) is 8.03. The van der Waals surface area contributed by atoms with E-state index >= 15 is 0 Å². The van der Waals surface area contributed by atoms with Crippen molar-refractivity contribution in [2.45, 2.75) is 13.5 Å². The number of methoxy groups -OCH3 is 1. The maximum Gasteiger partial charge on any atom is 0.264 e. The highest BCUT2D eigenvalue weighted by Crippen LogP contribution is 2.32. The number of carbonyl (C=O) groups excluding carboxylic acids is 1. The number of nitrogens with one attached hydrogen (secondary N) is 1. The molecule has 1 N–H and O–H groups in total. The third-order valence-electron chi connectivity index (χ3n) is 4.64. The SMILES string of the molecule is COc1cc(/C=C2\SC(=Nc3ccccc3)NC2=O)ccc1OCc1ccc(C)cc1. The van der Waals surface area contributed by atoms with Gasteiger partial charge < -0.3 is 14.8 Å². The molecule has 0 atom stereocenters. The summed E-state index contributed by atoms with van der Waals surface area (Å²) in [7, 11) is 1.60. The highest BCUT2D eigenvalue weighted by molar-refractivity contribution is 8.18. The molecular weight excluding hydrogens is 408 g/mol. The number of carbonyl (C=O) groups is 1. The molecule has 3 aromatic carbocycles. The smallest absolute Gasteiger partial charge is 0.264 e. The number of hydrogen-bond acceptors (Lipinski definition) is 5. The fraction of sp³-hybridized carbons (Fsp3) is 0.120. The van der Waals surface area contributed by atoms with Crippen LogP contribution in [-0.2, 0) is 11.4 Å². The van der Waals surface area contributed by atoms with E-state index in [-0.39, 0.29) is 5.91 Å². The summed E-state index contributed by atoms with van der Waals surface area (Å²) in [5, 5.41) is 3.37. The lowest BCUT2D eigenvalue weighted by molar-refractivity contribution is -0.115. The van der Waals surface area contributed by atoms with Gasteiger partial charge in [-0.25, -0.2) is 4.99 Å². The fourth-order valence-electron chi connectivity index (χ4n) is 2.99. The summed E-state index contributed by atoms with van der Waals surface area (Å²) in [6, 6.07) is 23.4. The van der Waals surface area contributed by atoms with Crippen molar-refractivity contribution < 1.29 is 14.3 Å². The third-order valence-corrected chi connectivity index (χ3v) is 5.55. The molecule has 0 bridgehead atoms. The van der Waals surface area contributed by atoms with Gasteiger partial charge in [0.1, 0.15) is 6.61 Å². The number of ether oxygens (including phenoxy) is 2. The summed E-state index contributed by atoms with van der Waals surface area (Å²) in [6.07, 6.45) is 1.82. The lowest BCUT2D eigenvalue weighted by atomic mass is 10.1. The zero-order chi connectivity index (χ0) is 21.6. The van der Waals surface area contributed by atoms with Crippen molar-refractivity contribution in [2.24, 2.45) is 4.99 Å². The van der Waals surface area contributed by atoms with Crippen LogP contribution in [-0.4, -0.2) is 18.2 Å². The van der Waals surface area contributed by atoms with Gasteiger partial charge in [-0.05, 0) is 60.2 Å². The molecule has 0 unspecified atom stereocenters. The molecule has 156 valence electrons. The molecule has 0 radical (unpaired) electrons. The first-order valence-electron chi connectivity index (χ1n) is 9.82. The molecule has 4 rings (SSSR count). The average molecular weight is 431 g/mol. The normalized spacial score (nSPS) is 15.9. The standard InChI is InChI=1S/C25H22N2O3S/c1-17-8-10-18(11-9-17)16-30-21-13-12-19(14-22(21)29-2)15-23-24(28)27-25(31-23)26-20-6-4-3-5-7-20/h3-15H,16H2,1-2H3,(H,26,27,28)/b23-15-. The van der Waals surface area contributed by atoms with E-state index in [0.717, 1.165) is 16.8 Å². The number of hydrogen-bond donors (Lipinski definition) is 1. The van der Waals surface area contributed by atoms with Gasteiger partial charge in [0.05, 0.1) is 17.7 Å². The van der Waals surface area contributed by atoms with Gasteiger partial charge in [0.15, 0.2) is 16.7 Å². The quantitative estimate of drug-likeness (QED) is 0.527. The molecule has 1 aliphatic heterocycles. The van der Waals surface area contributed by atoms with E-state index in [4.69, 9.17) is 9.47 Å². The zero-order valence-corrected chi connectivity index (χ0v) is 18.1. The minimum absolute atomic E-state index is 0.168. The van der Waals surface area contributed by atoms with E-state index in [1.54, 1.807) is 7.11 Å². The van der Waals surface area contributed by atoms with Crippen molar-refractivity contribution in [1.29, 1.82) is 0 Å². The summed E-state index contributed by atoms with van der Waals surface area (Å²) in [5.74, 6) is 1.10. The van der Waals surface area contributed by atoms with Gasteiger partial charge in [-0.2, -0.15) is 0 Å². The van der Waals surface area contributed by atoms with E-state index in [0.29, 0.717) is 28.2 Å². The number of rotatable bonds is 6. The summed E-state index contributed by atoms with van der Waals surface area (Å²) >= 11 is 1.31. The lowest BCUT2D eigenvalue weighted by Gasteiger charge is -2.11. The predicted molar refractivity (Wildman–Crippen MR) is 126 cm³/mol. The van der Waals surface area contributed by atoms with Crippen molar-refractivity contribution >= 4 is 34.6 Å². The van der Waals surface area contributed by atoms with Crippen LogP contribution in [0.3, 0.4) is 0 Å². The maximum atomic E-state index is 12.3. The maximum absolute atomic E-state index is 12.3. The van der Waals surface area contributed by atoms with Crippen LogP contribution in [0.5, 0.6) is 11.5 Å². The average Bonchev–Trinajstić information content (AvgIpc) is 3.13. The van der Waals surface area contributed by atoms with Crippen molar-refractivity contribution in [1.82, 2.24) is 5.32 Å². The van der Waals surface area contributed by atoms with Crippen LogP contribution in [0.2, 0.25) is 0 Å². The van der Waals surface area contributed by atoms with E-state index in [9.17, 15) is 4.79 Å². The summed E-state index contributed by atoms with van der Waals surface area (Å²) in [6.45, 7) is 2.51. The lowest BCUT2D eigenvalue weighted by Crippen LogP contribution is -2.19. The molecule has 5 nitrogen and oxygen atoms in total. The van der Waals surface area contributed by atoms with Gasteiger partial charge in [0.2, 0.25) is 0 Å². The van der Waals surface area contributed by atoms with E-state index in [2.05, 4.69) is 29.4 Å². The Bertz CT molecular complexity index is 1140. The minimum atomic E-state index is -0.168. The van der Waals surface area contributed by atoms with Crippen molar-refractivity contribution in [3.8, 4) is 11.5 Å². The predicted octanol–water partition coefficient (Wildman–Crippen LogP) is 5.47. The number of nitrogens with zero attached hydrogens (tertiary/aromatic N) is 1. The zero-order valence-electron chi connectivity index (χ0n) is 17.3. The Balaban J connectivity index is 1.48. The molecule has 1 saturated heterocycles. The van der Waals surface area contributed by atoms with E-state index in [1.807, 2.05) is 66.7 Å². The van der Waals surface area contributed by atoms with Gasteiger partial charge in [0, 0.05) is 0 Å². The molecule has 1 aliphatic rings. The first kappa shape index (κ1) is 20.8. The minimum Gasteiger partial charge on any atom is -0.493 e. The molecule has 0 aromatic heterocycles. The first-order valence-corrected chi connectivity index (χ1v) is 10.6. The Kier molecular flexibility index (Phi) is 6.38. The number of benzene rings is 3. The molecule has 1 fully saturated rings. The van der Waals surface area contributed by atoms with Crippen LogP contribution < -0.4 is 14.8 Å². The number of para-hydroxylation sites is 1. The highest BCUT2D eigenvalue weighted by atomic mass is 32.2. The fourth-order valence-corrected chi connectivity index (χ4v) is 3.83. The van der Waals surface area contributed by atoms with Crippen LogP contribution >= 0.6 is 11.8 Å². The van der Waals surface area contributed by atoms with E-state index < -0.39 is 0 Å². The monoisotopic (exact) mass is 430 g/mol. The van der Waals surface area contributed by atoms with Crippen LogP contribution in [0.4, 0.5) is 5.69 Å². The van der Waals surface area contributed by atoms with Crippen LogP contribution in [0.25, 0.3) is 6.08 Å². The summed E-state index contributed by atoms with van der Waals surface area (Å²) in [4.78, 5) is 17.4. The Labute approximate surface area is 185 Å². The number of aryl methyl sites for hydroxylation is 1. The van der Waals surface area contributed by atoms with Crippen LogP contribution in [0.1, 0.15) is 16.7 Å². The second kappa shape index (κ2) is 9.53. The van der Waals surface area contributed by atoms with Crippen molar-refractivity contribution in [3.63, 3.8) is 0 Å². The van der Waals surface area contributed by atoms with Gasteiger partial charge in [-0.15, -0.1) is 0 Å². The van der Waals surface area contributed by atoms with Gasteiger partial charge >= 0.3 is 0 Å². The van der Waals surface area contributed by atoms with Gasteiger partial charge in [-0.1, -0.05) is 54.1 Å². The number of aliphatic imine (C=N–C) groups is 1. The molecule has 3 aromatic rings.